The van der Waals surface area contributed by atoms with Crippen molar-refractivity contribution in [1.29, 1.82) is 0 Å². The highest BCUT2D eigenvalue weighted by atomic mass is 19.4. The van der Waals surface area contributed by atoms with Crippen LogP contribution in [0.15, 0.2) is 24.3 Å². The summed E-state index contributed by atoms with van der Waals surface area (Å²) < 4.78 is 48.4. The van der Waals surface area contributed by atoms with Gasteiger partial charge in [0.25, 0.3) is 0 Å². The molecule has 0 saturated heterocycles. The van der Waals surface area contributed by atoms with Gasteiger partial charge in [-0.2, -0.15) is 13.2 Å². The van der Waals surface area contributed by atoms with Gasteiger partial charge in [0.05, 0.1) is 12.2 Å². The summed E-state index contributed by atoms with van der Waals surface area (Å²) in [5.41, 5.74) is -1.95. The van der Waals surface area contributed by atoms with E-state index < -0.39 is 35.2 Å². The molecule has 1 aromatic rings. The van der Waals surface area contributed by atoms with E-state index in [4.69, 9.17) is 9.47 Å². The molecular weight excluding hydrogens is 313 g/mol. The van der Waals surface area contributed by atoms with Gasteiger partial charge in [0, 0.05) is 0 Å². The highest BCUT2D eigenvalue weighted by Crippen LogP contribution is 2.32. The van der Waals surface area contributed by atoms with Gasteiger partial charge in [0.1, 0.15) is 5.60 Å². The van der Waals surface area contributed by atoms with Crippen LogP contribution < -0.4 is 0 Å². The summed E-state index contributed by atoms with van der Waals surface area (Å²) >= 11 is 0. The molecule has 0 saturated carbocycles. The highest BCUT2D eigenvalue weighted by molar-refractivity contribution is 6.01. The standard InChI is InChI=1S/C16H19F3O4/c1-5-22-13(20)12(14(21)23-15(2,3)4)10-7-6-8-11(9-10)16(17,18)19/h6-9,12H,5H2,1-4H3. The van der Waals surface area contributed by atoms with Crippen molar-refractivity contribution in [2.45, 2.75) is 45.4 Å². The maximum atomic E-state index is 12.8. The molecule has 1 aromatic carbocycles. The topological polar surface area (TPSA) is 52.6 Å². The Labute approximate surface area is 132 Å². The highest BCUT2D eigenvalue weighted by Gasteiger charge is 2.36. The lowest BCUT2D eigenvalue weighted by molar-refractivity contribution is -0.164. The maximum absolute atomic E-state index is 12.8. The number of esters is 2. The summed E-state index contributed by atoms with van der Waals surface area (Å²) in [5, 5.41) is 0. The summed E-state index contributed by atoms with van der Waals surface area (Å²) in [6.45, 7) is 6.32. The molecule has 0 radical (unpaired) electrons. The molecule has 128 valence electrons. The second-order valence-corrected chi connectivity index (χ2v) is 5.84. The Morgan fingerprint density at radius 2 is 1.74 bits per heavy atom. The second kappa shape index (κ2) is 7.02. The van der Waals surface area contributed by atoms with Gasteiger partial charge < -0.3 is 9.47 Å². The number of carbonyl (C=O) groups excluding carboxylic acids is 2. The van der Waals surface area contributed by atoms with E-state index in [-0.39, 0.29) is 12.2 Å². The minimum Gasteiger partial charge on any atom is -0.465 e. The molecule has 0 amide bonds. The van der Waals surface area contributed by atoms with Crippen LogP contribution in [0.3, 0.4) is 0 Å². The molecule has 23 heavy (non-hydrogen) atoms. The summed E-state index contributed by atoms with van der Waals surface area (Å²) in [5.74, 6) is -3.45. The van der Waals surface area contributed by atoms with Crippen LogP contribution >= 0.6 is 0 Å². The number of carbonyl (C=O) groups is 2. The number of hydrogen-bond acceptors (Lipinski definition) is 4. The van der Waals surface area contributed by atoms with Crippen molar-refractivity contribution in [1.82, 2.24) is 0 Å². The summed E-state index contributed by atoms with van der Waals surface area (Å²) in [7, 11) is 0. The third kappa shape index (κ3) is 5.58. The lowest BCUT2D eigenvalue weighted by Crippen LogP contribution is -2.32. The lowest BCUT2D eigenvalue weighted by atomic mass is 9.96. The van der Waals surface area contributed by atoms with Crippen LogP contribution in [0.2, 0.25) is 0 Å². The fraction of sp³-hybridized carbons (Fsp3) is 0.500. The first kappa shape index (κ1) is 19.0. The van der Waals surface area contributed by atoms with Crippen LogP contribution in [0.25, 0.3) is 0 Å². The van der Waals surface area contributed by atoms with E-state index >= 15 is 0 Å². The SMILES string of the molecule is CCOC(=O)C(C(=O)OC(C)(C)C)c1cccc(C(F)(F)F)c1. The Kier molecular flexibility index (Phi) is 5.80. The van der Waals surface area contributed by atoms with Gasteiger partial charge in [-0.25, -0.2) is 0 Å². The minimum atomic E-state index is -4.58. The number of alkyl halides is 3. The molecule has 0 aliphatic heterocycles. The van der Waals surface area contributed by atoms with E-state index in [1.807, 2.05) is 0 Å². The fourth-order valence-corrected chi connectivity index (χ4v) is 1.85. The zero-order valence-electron chi connectivity index (χ0n) is 13.4. The Morgan fingerprint density at radius 3 is 2.22 bits per heavy atom. The Hall–Kier alpha value is -2.05. The van der Waals surface area contributed by atoms with Crippen LogP contribution in [0.4, 0.5) is 13.2 Å². The van der Waals surface area contributed by atoms with Crippen molar-refractivity contribution in [3.63, 3.8) is 0 Å². The largest absolute Gasteiger partial charge is 0.465 e. The molecule has 0 spiro atoms. The van der Waals surface area contributed by atoms with Gasteiger partial charge in [0.2, 0.25) is 0 Å². The molecule has 0 bridgehead atoms. The average Bonchev–Trinajstić information content (AvgIpc) is 2.36. The number of benzene rings is 1. The molecule has 0 fully saturated rings. The maximum Gasteiger partial charge on any atom is 0.416 e. The molecule has 0 heterocycles. The van der Waals surface area contributed by atoms with E-state index in [0.717, 1.165) is 18.2 Å². The molecule has 1 atom stereocenters. The third-order valence-electron chi connectivity index (χ3n) is 2.71. The van der Waals surface area contributed by atoms with Gasteiger partial charge in [0.15, 0.2) is 5.92 Å². The number of ether oxygens (including phenoxy) is 2. The molecule has 0 aromatic heterocycles. The number of rotatable bonds is 4. The van der Waals surface area contributed by atoms with Crippen LogP contribution in [0, 0.1) is 0 Å². The Balaban J connectivity index is 3.25. The van der Waals surface area contributed by atoms with Crippen LogP contribution in [-0.2, 0) is 25.2 Å². The van der Waals surface area contributed by atoms with E-state index in [0.29, 0.717) is 0 Å². The van der Waals surface area contributed by atoms with Crippen LogP contribution in [0.5, 0.6) is 0 Å². The predicted molar refractivity (Wildman–Crippen MR) is 76.7 cm³/mol. The molecule has 7 heteroatoms. The Morgan fingerprint density at radius 1 is 1.13 bits per heavy atom. The van der Waals surface area contributed by atoms with Crippen molar-refractivity contribution >= 4 is 11.9 Å². The lowest BCUT2D eigenvalue weighted by Gasteiger charge is -2.23. The number of halogens is 3. The van der Waals surface area contributed by atoms with E-state index in [1.165, 1.54) is 13.0 Å². The first-order valence-electron chi connectivity index (χ1n) is 7.02. The van der Waals surface area contributed by atoms with Gasteiger partial charge in [-0.05, 0) is 39.3 Å². The van der Waals surface area contributed by atoms with Crippen molar-refractivity contribution in [3.05, 3.63) is 35.4 Å². The summed E-state index contributed by atoms with van der Waals surface area (Å²) in [6.07, 6.45) is -4.58. The molecular formula is C16H19F3O4. The van der Waals surface area contributed by atoms with Crippen LogP contribution in [-0.4, -0.2) is 24.1 Å². The normalized spacial score (nSPS) is 13.3. The van der Waals surface area contributed by atoms with E-state index in [1.54, 1.807) is 20.8 Å². The van der Waals surface area contributed by atoms with Crippen LogP contribution in [0.1, 0.15) is 44.7 Å². The Bertz CT molecular complexity index is 573. The molecule has 1 rings (SSSR count). The van der Waals surface area contributed by atoms with Gasteiger partial charge in [-0.15, -0.1) is 0 Å². The van der Waals surface area contributed by atoms with Crippen molar-refractivity contribution in [3.8, 4) is 0 Å². The first-order valence-corrected chi connectivity index (χ1v) is 7.02. The van der Waals surface area contributed by atoms with Gasteiger partial charge in [-0.3, -0.25) is 9.59 Å². The van der Waals surface area contributed by atoms with Crippen molar-refractivity contribution in [2.75, 3.05) is 6.61 Å². The minimum absolute atomic E-state index is 0.00288. The summed E-state index contributed by atoms with van der Waals surface area (Å²) in [4.78, 5) is 24.3. The number of hydrogen-bond donors (Lipinski definition) is 0. The molecule has 1 unspecified atom stereocenters. The fourth-order valence-electron chi connectivity index (χ4n) is 1.85. The smallest absolute Gasteiger partial charge is 0.416 e. The molecule has 0 aliphatic rings. The third-order valence-corrected chi connectivity index (χ3v) is 2.71. The van der Waals surface area contributed by atoms with Crippen molar-refractivity contribution < 1.29 is 32.2 Å². The molecule has 0 aliphatic carbocycles. The van der Waals surface area contributed by atoms with Gasteiger partial charge >= 0.3 is 18.1 Å². The average molecular weight is 332 g/mol. The second-order valence-electron chi connectivity index (χ2n) is 5.84. The molecule has 4 nitrogen and oxygen atoms in total. The zero-order chi connectivity index (χ0) is 17.8. The molecule has 0 N–H and O–H groups in total. The first-order chi connectivity index (χ1) is 10.5. The van der Waals surface area contributed by atoms with E-state index in [2.05, 4.69) is 0 Å². The quantitative estimate of drug-likeness (QED) is 0.623. The van der Waals surface area contributed by atoms with Crippen molar-refractivity contribution in [2.24, 2.45) is 0 Å². The monoisotopic (exact) mass is 332 g/mol. The summed E-state index contributed by atoms with van der Waals surface area (Å²) in [6, 6.07) is 4.02. The predicted octanol–water partition coefficient (Wildman–Crippen LogP) is 3.69. The zero-order valence-corrected chi connectivity index (χ0v) is 13.4. The van der Waals surface area contributed by atoms with E-state index in [9.17, 15) is 22.8 Å². The van der Waals surface area contributed by atoms with Gasteiger partial charge in [-0.1, -0.05) is 18.2 Å².